The Kier molecular flexibility index (Phi) is 13.2. The maximum Gasteiger partial charge on any atom is 0.270 e. The molecule has 0 radical (unpaired) electrons. The maximum absolute atomic E-state index is 11.7. The van der Waals surface area contributed by atoms with Gasteiger partial charge in [-0.1, -0.05) is 24.3 Å². The van der Waals surface area contributed by atoms with Crippen LogP contribution in [0.2, 0.25) is 0 Å². The summed E-state index contributed by atoms with van der Waals surface area (Å²) in [7, 11) is 0. The van der Waals surface area contributed by atoms with E-state index in [0.717, 1.165) is 50.1 Å². The van der Waals surface area contributed by atoms with Crippen LogP contribution < -0.4 is 27.8 Å². The fourth-order valence-corrected chi connectivity index (χ4v) is 7.72. The molecule has 0 aliphatic rings. The Labute approximate surface area is 389 Å². The van der Waals surface area contributed by atoms with Crippen LogP contribution in [0.5, 0.6) is 0 Å². The SMILES string of the molecule is Cc1cc(/C=C/C#N)cc(C)c1-c1cc(N)cc2c(N)nc(Nc3ccc(C#N)cn3)nc12.Cc1cc(/C=C/C#N)cc(C)c1-c1cc([N+](=O)[O-])cc2c(N)nc(Nc3ccc(C#N)cn3)nc12. The number of rotatable bonds is 9. The summed E-state index contributed by atoms with van der Waals surface area (Å²) >= 11 is 0. The molecular weight excluding hydrogens is 857 g/mol. The van der Waals surface area contributed by atoms with E-state index in [9.17, 15) is 10.1 Å². The molecule has 18 nitrogen and oxygen atoms in total. The van der Waals surface area contributed by atoms with Crippen LogP contribution in [0.3, 0.4) is 0 Å². The van der Waals surface area contributed by atoms with E-state index < -0.39 is 4.92 Å². The van der Waals surface area contributed by atoms with Crippen molar-refractivity contribution in [3.05, 3.63) is 152 Å². The van der Waals surface area contributed by atoms with E-state index in [4.69, 9.17) is 43.2 Å². The average Bonchev–Trinajstić information content (AvgIpc) is 3.31. The number of benzene rings is 4. The summed E-state index contributed by atoms with van der Waals surface area (Å²) in [5.41, 5.74) is 29.7. The van der Waals surface area contributed by atoms with Crippen LogP contribution in [0.4, 0.5) is 46.5 Å². The summed E-state index contributed by atoms with van der Waals surface area (Å²) in [5, 5.41) is 54.3. The summed E-state index contributed by atoms with van der Waals surface area (Å²) in [4.78, 5) is 37.5. The molecule has 0 saturated carbocycles. The van der Waals surface area contributed by atoms with Gasteiger partial charge in [0.05, 0.1) is 44.6 Å². The zero-order valence-corrected chi connectivity index (χ0v) is 36.9. The summed E-state index contributed by atoms with van der Waals surface area (Å²) in [6.07, 6.45) is 9.19. The van der Waals surface area contributed by atoms with Crippen molar-refractivity contribution in [2.75, 3.05) is 27.8 Å². The Morgan fingerprint density at radius 2 is 1.01 bits per heavy atom. The van der Waals surface area contributed by atoms with E-state index in [1.54, 1.807) is 42.5 Å². The van der Waals surface area contributed by atoms with Crippen molar-refractivity contribution in [1.29, 1.82) is 21.0 Å². The van der Waals surface area contributed by atoms with E-state index in [-0.39, 0.29) is 29.2 Å². The molecule has 4 aromatic heterocycles. The number of nitro benzene ring substituents is 1. The number of nitrogen functional groups attached to an aromatic ring is 3. The number of hydrogen-bond donors (Lipinski definition) is 5. The number of non-ortho nitro benzene ring substituents is 1. The van der Waals surface area contributed by atoms with Crippen LogP contribution in [0.1, 0.15) is 44.5 Å². The summed E-state index contributed by atoms with van der Waals surface area (Å²) < 4.78 is 0. The molecule has 8 rings (SSSR count). The third-order valence-electron chi connectivity index (χ3n) is 10.5. The predicted octanol–water partition coefficient (Wildman–Crippen LogP) is 9.58. The van der Waals surface area contributed by atoms with E-state index in [0.29, 0.717) is 55.8 Å². The van der Waals surface area contributed by atoms with Gasteiger partial charge in [-0.3, -0.25) is 10.1 Å². The quantitative estimate of drug-likeness (QED) is 0.0389. The fraction of sp³-hybridized carbons (Fsp3) is 0.0800. The molecule has 330 valence electrons. The zero-order valence-electron chi connectivity index (χ0n) is 36.9. The van der Waals surface area contributed by atoms with Gasteiger partial charge in [0, 0.05) is 58.9 Å². The van der Waals surface area contributed by atoms with Crippen molar-refractivity contribution >= 4 is 80.5 Å². The van der Waals surface area contributed by atoms with Crippen LogP contribution in [0, 0.1) is 83.1 Å². The average molecular weight is 895 g/mol. The van der Waals surface area contributed by atoms with Gasteiger partial charge in [-0.15, -0.1) is 0 Å². The van der Waals surface area contributed by atoms with E-state index >= 15 is 0 Å². The lowest BCUT2D eigenvalue weighted by molar-refractivity contribution is -0.384. The first kappa shape index (κ1) is 45.7. The monoisotopic (exact) mass is 894 g/mol. The predicted molar refractivity (Wildman–Crippen MR) is 263 cm³/mol. The number of nitrogens with one attached hydrogen (secondary N) is 2. The number of aryl methyl sites for hydroxylation is 4. The van der Waals surface area contributed by atoms with Crippen molar-refractivity contribution in [2.24, 2.45) is 0 Å². The van der Waals surface area contributed by atoms with Gasteiger partial charge in [0.25, 0.3) is 5.69 Å². The second kappa shape index (κ2) is 19.6. The standard InChI is InChI=1S/C25H18N8O2.C25H20N8/c1-14-8-16(4-3-7-26)9-15(2)22(14)19-10-18(33(34)35)11-20-23(19)31-25(32-24(20)28)30-21-6-5-17(12-27)13-29-21;1-14-8-16(4-3-7-26)9-15(2)22(14)19-10-18(28)11-20-23(19)32-25(33-24(20)29)31-21-6-5-17(12-27)13-30-21/h3-6,8-11,13H,1-2H3,(H3,28,29,30,31,32);3-6,8-11,13H,28H2,1-2H3,(H3,29,30,31,32,33)/b2*4-3+. The van der Waals surface area contributed by atoms with E-state index in [1.807, 2.05) is 82.3 Å². The highest BCUT2D eigenvalue weighted by atomic mass is 16.6. The van der Waals surface area contributed by atoms with Crippen LogP contribution >= 0.6 is 0 Å². The minimum absolute atomic E-state index is 0.0694. The molecule has 4 aromatic carbocycles. The molecule has 0 fully saturated rings. The lowest BCUT2D eigenvalue weighted by Crippen LogP contribution is -2.04. The first-order chi connectivity index (χ1) is 32.7. The van der Waals surface area contributed by atoms with Crippen molar-refractivity contribution in [2.45, 2.75) is 27.7 Å². The molecule has 8 aromatic rings. The number of nitrogens with zero attached hydrogens (tertiary/aromatic N) is 11. The molecule has 4 heterocycles. The Bertz CT molecular complexity index is 3510. The lowest BCUT2D eigenvalue weighted by atomic mass is 9.91. The number of nitriles is 4. The van der Waals surface area contributed by atoms with Gasteiger partial charge in [-0.05, 0) is 121 Å². The minimum atomic E-state index is -0.482. The Morgan fingerprint density at radius 3 is 1.40 bits per heavy atom. The van der Waals surface area contributed by atoms with Gasteiger partial charge < -0.3 is 27.8 Å². The van der Waals surface area contributed by atoms with Gasteiger partial charge in [-0.25, -0.2) is 19.9 Å². The first-order valence-corrected chi connectivity index (χ1v) is 20.4. The van der Waals surface area contributed by atoms with Crippen LogP contribution in [-0.4, -0.2) is 34.8 Å². The molecule has 0 amide bonds. The second-order valence-electron chi connectivity index (χ2n) is 15.3. The third kappa shape index (κ3) is 9.91. The number of nitro groups is 1. The number of anilines is 7. The number of nitrogens with two attached hydrogens (primary N) is 3. The Balaban J connectivity index is 0.000000202. The molecule has 0 bridgehead atoms. The molecule has 8 N–H and O–H groups in total. The molecule has 0 unspecified atom stereocenters. The summed E-state index contributed by atoms with van der Waals surface area (Å²) in [6.45, 7) is 7.79. The Hall–Kier alpha value is -10.3. The van der Waals surface area contributed by atoms with Crippen molar-refractivity contribution in [1.82, 2.24) is 29.9 Å². The molecule has 0 atom stereocenters. The van der Waals surface area contributed by atoms with Crippen LogP contribution in [0.15, 0.2) is 97.3 Å². The number of pyridine rings is 2. The summed E-state index contributed by atoms with van der Waals surface area (Å²) in [5.74, 6) is 1.70. The van der Waals surface area contributed by atoms with E-state index in [2.05, 4.69) is 35.6 Å². The minimum Gasteiger partial charge on any atom is -0.399 e. The topological polar surface area (TPSA) is 318 Å². The van der Waals surface area contributed by atoms with Gasteiger partial charge in [0.15, 0.2) is 0 Å². The van der Waals surface area contributed by atoms with Crippen molar-refractivity contribution < 1.29 is 4.92 Å². The maximum atomic E-state index is 11.7. The fourth-order valence-electron chi connectivity index (χ4n) is 7.72. The summed E-state index contributed by atoms with van der Waals surface area (Å²) in [6, 6.07) is 28.8. The van der Waals surface area contributed by atoms with Crippen molar-refractivity contribution in [3.8, 4) is 46.5 Å². The molecule has 0 spiro atoms. The van der Waals surface area contributed by atoms with Gasteiger partial charge in [0.1, 0.15) is 35.4 Å². The molecule has 68 heavy (non-hydrogen) atoms. The number of allylic oxidation sites excluding steroid dienone is 2. The molecular formula is C50H38N16O2. The molecule has 18 heteroatoms. The zero-order chi connectivity index (χ0) is 48.6. The third-order valence-corrected chi connectivity index (χ3v) is 10.5. The lowest BCUT2D eigenvalue weighted by Gasteiger charge is -2.16. The highest BCUT2D eigenvalue weighted by molar-refractivity contribution is 6.04. The van der Waals surface area contributed by atoms with Crippen LogP contribution in [0.25, 0.3) is 56.2 Å². The normalized spacial score (nSPS) is 10.8. The highest BCUT2D eigenvalue weighted by Gasteiger charge is 2.21. The molecule has 0 aliphatic heterocycles. The number of aromatic nitrogens is 6. The largest absolute Gasteiger partial charge is 0.399 e. The molecule has 0 saturated heterocycles. The number of fused-ring (bicyclic) bond motifs is 2. The number of hydrogen-bond acceptors (Lipinski definition) is 17. The molecule has 0 aliphatic carbocycles. The highest BCUT2D eigenvalue weighted by Crippen LogP contribution is 2.40. The van der Waals surface area contributed by atoms with Crippen LogP contribution in [-0.2, 0) is 0 Å². The second-order valence-corrected chi connectivity index (χ2v) is 15.3. The first-order valence-electron chi connectivity index (χ1n) is 20.4. The smallest absolute Gasteiger partial charge is 0.270 e. The Morgan fingerprint density at radius 1 is 0.588 bits per heavy atom. The van der Waals surface area contributed by atoms with Gasteiger partial charge >= 0.3 is 0 Å². The van der Waals surface area contributed by atoms with Crippen molar-refractivity contribution in [3.63, 3.8) is 0 Å². The van der Waals surface area contributed by atoms with Gasteiger partial charge in [0.2, 0.25) is 11.9 Å². The van der Waals surface area contributed by atoms with Gasteiger partial charge in [-0.2, -0.15) is 31.0 Å². The van der Waals surface area contributed by atoms with E-state index in [1.165, 1.54) is 36.7 Å².